The number of pyridine rings is 2. The zero-order chi connectivity index (χ0) is 19.0. The second-order valence-corrected chi connectivity index (χ2v) is 6.10. The van der Waals surface area contributed by atoms with Gasteiger partial charge in [-0.2, -0.15) is 18.3 Å². The van der Waals surface area contributed by atoms with E-state index in [2.05, 4.69) is 15.4 Å². The van der Waals surface area contributed by atoms with Crippen LogP contribution in [0.4, 0.5) is 24.7 Å². The third kappa shape index (κ3) is 3.36. The van der Waals surface area contributed by atoms with Crippen molar-refractivity contribution in [2.24, 2.45) is 0 Å². The fourth-order valence-corrected chi connectivity index (χ4v) is 2.97. The Bertz CT molecular complexity index is 1100. The van der Waals surface area contributed by atoms with Crippen molar-refractivity contribution >= 4 is 17.0 Å². The number of benzene rings is 1. The highest BCUT2D eigenvalue weighted by Crippen LogP contribution is 2.31. The highest BCUT2D eigenvalue weighted by molar-refractivity contribution is 5.81. The number of rotatable bonds is 3. The first kappa shape index (κ1) is 17.1. The number of halogens is 3. The molecule has 0 aliphatic carbocycles. The predicted octanol–water partition coefficient (Wildman–Crippen LogP) is 5.47. The summed E-state index contributed by atoms with van der Waals surface area (Å²) >= 11 is 0. The van der Waals surface area contributed by atoms with Gasteiger partial charge >= 0.3 is 6.18 Å². The summed E-state index contributed by atoms with van der Waals surface area (Å²) in [7, 11) is 0. The Hall–Kier alpha value is -3.35. The van der Waals surface area contributed by atoms with Crippen molar-refractivity contribution in [3.05, 3.63) is 78.1 Å². The van der Waals surface area contributed by atoms with Gasteiger partial charge in [0.05, 0.1) is 22.5 Å². The van der Waals surface area contributed by atoms with Crippen LogP contribution in [0.25, 0.3) is 16.8 Å². The van der Waals surface area contributed by atoms with Gasteiger partial charge in [-0.3, -0.25) is 0 Å². The molecule has 0 amide bonds. The molecule has 4 aromatic rings. The maximum absolute atomic E-state index is 12.7. The molecule has 0 aliphatic rings. The van der Waals surface area contributed by atoms with Crippen LogP contribution in [-0.4, -0.2) is 14.6 Å². The van der Waals surface area contributed by atoms with E-state index in [1.165, 1.54) is 12.1 Å². The lowest BCUT2D eigenvalue weighted by atomic mass is 10.1. The van der Waals surface area contributed by atoms with Gasteiger partial charge in [-0.15, -0.1) is 0 Å². The van der Waals surface area contributed by atoms with Gasteiger partial charge < -0.3 is 5.32 Å². The number of fused-ring (bicyclic) bond motifs is 1. The first-order valence-electron chi connectivity index (χ1n) is 8.27. The molecule has 27 heavy (non-hydrogen) atoms. The predicted molar refractivity (Wildman–Crippen MR) is 97.9 cm³/mol. The molecule has 4 rings (SSSR count). The van der Waals surface area contributed by atoms with Crippen LogP contribution in [0.3, 0.4) is 0 Å². The van der Waals surface area contributed by atoms with Crippen molar-refractivity contribution < 1.29 is 13.2 Å². The summed E-state index contributed by atoms with van der Waals surface area (Å²) in [6.45, 7) is 1.92. The summed E-state index contributed by atoms with van der Waals surface area (Å²) < 4.78 is 39.8. The van der Waals surface area contributed by atoms with Gasteiger partial charge in [0.2, 0.25) is 0 Å². The minimum Gasteiger partial charge on any atom is -0.340 e. The van der Waals surface area contributed by atoms with E-state index in [9.17, 15) is 13.2 Å². The number of nitrogens with one attached hydrogen (secondary N) is 1. The van der Waals surface area contributed by atoms with E-state index in [-0.39, 0.29) is 0 Å². The third-order valence-electron chi connectivity index (χ3n) is 4.20. The Labute approximate surface area is 153 Å². The van der Waals surface area contributed by atoms with Crippen LogP contribution in [0, 0.1) is 6.92 Å². The topological polar surface area (TPSA) is 42.2 Å². The van der Waals surface area contributed by atoms with Gasteiger partial charge in [0.15, 0.2) is 0 Å². The Morgan fingerprint density at radius 2 is 1.70 bits per heavy atom. The van der Waals surface area contributed by atoms with Crippen LogP contribution in [0.15, 0.2) is 66.9 Å². The van der Waals surface area contributed by atoms with E-state index >= 15 is 0 Å². The van der Waals surface area contributed by atoms with E-state index in [0.717, 1.165) is 34.6 Å². The zero-order valence-corrected chi connectivity index (χ0v) is 14.3. The monoisotopic (exact) mass is 368 g/mol. The molecule has 4 nitrogen and oxygen atoms in total. The molecule has 0 saturated carbocycles. The van der Waals surface area contributed by atoms with E-state index in [1.807, 2.05) is 43.5 Å². The summed E-state index contributed by atoms with van der Waals surface area (Å²) in [5.74, 6) is 0.543. The molecule has 1 aromatic carbocycles. The van der Waals surface area contributed by atoms with Gasteiger partial charge in [-0.1, -0.05) is 12.1 Å². The van der Waals surface area contributed by atoms with E-state index in [0.29, 0.717) is 11.5 Å². The normalized spacial score (nSPS) is 11.7. The standard InChI is InChI=1S/C20H15F3N4/c1-13-19(17-6-2-3-12-27(17)26-13)16-5-4-7-18(25-16)24-15-10-8-14(9-11-15)20(21,22)23/h2-12H,1H3,(H,24,25). The minimum atomic E-state index is -4.35. The molecule has 0 unspecified atom stereocenters. The van der Waals surface area contributed by atoms with Crippen molar-refractivity contribution in [2.75, 3.05) is 5.32 Å². The Balaban J connectivity index is 1.66. The largest absolute Gasteiger partial charge is 0.416 e. The SMILES string of the molecule is Cc1nn2ccccc2c1-c1cccc(Nc2ccc(C(F)(F)F)cc2)n1. The molecule has 0 fully saturated rings. The molecule has 0 saturated heterocycles. The Morgan fingerprint density at radius 3 is 2.44 bits per heavy atom. The van der Waals surface area contributed by atoms with Gasteiger partial charge in [0.1, 0.15) is 5.82 Å². The molecule has 7 heteroatoms. The average molecular weight is 368 g/mol. The fourth-order valence-electron chi connectivity index (χ4n) is 2.97. The van der Waals surface area contributed by atoms with Crippen molar-refractivity contribution in [1.82, 2.24) is 14.6 Å². The lowest BCUT2D eigenvalue weighted by molar-refractivity contribution is -0.137. The molecule has 0 spiro atoms. The summed E-state index contributed by atoms with van der Waals surface area (Å²) in [6.07, 6.45) is -2.48. The lowest BCUT2D eigenvalue weighted by Gasteiger charge is -2.10. The third-order valence-corrected chi connectivity index (χ3v) is 4.20. The highest BCUT2D eigenvalue weighted by Gasteiger charge is 2.29. The van der Waals surface area contributed by atoms with Crippen LogP contribution in [0.5, 0.6) is 0 Å². The van der Waals surface area contributed by atoms with Gasteiger partial charge in [0, 0.05) is 17.4 Å². The Morgan fingerprint density at radius 1 is 0.926 bits per heavy atom. The first-order chi connectivity index (χ1) is 12.9. The molecule has 1 N–H and O–H groups in total. The van der Waals surface area contributed by atoms with Crippen LogP contribution >= 0.6 is 0 Å². The van der Waals surface area contributed by atoms with E-state index in [4.69, 9.17) is 0 Å². The molecule has 0 bridgehead atoms. The van der Waals surface area contributed by atoms with Crippen molar-refractivity contribution in [3.8, 4) is 11.3 Å². The number of hydrogen-bond acceptors (Lipinski definition) is 3. The van der Waals surface area contributed by atoms with Gasteiger partial charge in [0.25, 0.3) is 0 Å². The second kappa shape index (κ2) is 6.42. The van der Waals surface area contributed by atoms with E-state index < -0.39 is 11.7 Å². The smallest absolute Gasteiger partial charge is 0.340 e. The molecule has 3 heterocycles. The quantitative estimate of drug-likeness (QED) is 0.522. The minimum absolute atomic E-state index is 0.532. The number of aromatic nitrogens is 3. The number of alkyl halides is 3. The highest BCUT2D eigenvalue weighted by atomic mass is 19.4. The average Bonchev–Trinajstić information content (AvgIpc) is 2.97. The van der Waals surface area contributed by atoms with Crippen molar-refractivity contribution in [3.63, 3.8) is 0 Å². The number of anilines is 2. The molecule has 0 aliphatic heterocycles. The molecule has 3 aromatic heterocycles. The second-order valence-electron chi connectivity index (χ2n) is 6.10. The molecule has 0 atom stereocenters. The van der Waals surface area contributed by atoms with Crippen molar-refractivity contribution in [1.29, 1.82) is 0 Å². The van der Waals surface area contributed by atoms with Crippen LogP contribution in [-0.2, 0) is 6.18 Å². The maximum atomic E-state index is 12.7. The number of hydrogen-bond donors (Lipinski definition) is 1. The van der Waals surface area contributed by atoms with Crippen LogP contribution in [0.2, 0.25) is 0 Å². The lowest BCUT2D eigenvalue weighted by Crippen LogP contribution is -2.04. The van der Waals surface area contributed by atoms with Crippen LogP contribution in [0.1, 0.15) is 11.3 Å². The fraction of sp³-hybridized carbons (Fsp3) is 0.100. The first-order valence-corrected chi connectivity index (χ1v) is 8.27. The summed E-state index contributed by atoms with van der Waals surface area (Å²) in [4.78, 5) is 4.61. The van der Waals surface area contributed by atoms with Crippen LogP contribution < -0.4 is 5.32 Å². The molecular weight excluding hydrogens is 353 g/mol. The van der Waals surface area contributed by atoms with Gasteiger partial charge in [-0.05, 0) is 55.5 Å². The summed E-state index contributed by atoms with van der Waals surface area (Å²) in [5.41, 5.74) is 3.30. The van der Waals surface area contributed by atoms with Crippen molar-refractivity contribution in [2.45, 2.75) is 13.1 Å². The number of nitrogens with zero attached hydrogens (tertiary/aromatic N) is 3. The molecular formula is C20H15F3N4. The van der Waals surface area contributed by atoms with Gasteiger partial charge in [-0.25, -0.2) is 9.50 Å². The molecule has 136 valence electrons. The Kier molecular flexibility index (Phi) is 4.07. The summed E-state index contributed by atoms with van der Waals surface area (Å²) in [5, 5.41) is 7.53. The molecule has 0 radical (unpaired) electrons. The number of aryl methyl sites for hydroxylation is 1. The zero-order valence-electron chi connectivity index (χ0n) is 14.3. The summed E-state index contributed by atoms with van der Waals surface area (Å²) in [6, 6.07) is 16.2. The maximum Gasteiger partial charge on any atom is 0.416 e. The van der Waals surface area contributed by atoms with E-state index in [1.54, 1.807) is 10.6 Å².